The van der Waals surface area contributed by atoms with Crippen molar-refractivity contribution in [1.82, 2.24) is 34.7 Å². The Morgan fingerprint density at radius 1 is 1.07 bits per heavy atom. The van der Waals surface area contributed by atoms with E-state index in [9.17, 15) is 0 Å². The summed E-state index contributed by atoms with van der Waals surface area (Å²) >= 11 is 7.49. The fourth-order valence-electron chi connectivity index (χ4n) is 2.67. The summed E-state index contributed by atoms with van der Waals surface area (Å²) in [5.41, 5.74) is 2.49. The number of rotatable bonds is 5. The van der Waals surface area contributed by atoms with Crippen LogP contribution in [-0.2, 0) is 6.42 Å². The van der Waals surface area contributed by atoms with Crippen molar-refractivity contribution in [3.05, 3.63) is 65.5 Å². The van der Waals surface area contributed by atoms with Crippen LogP contribution in [-0.4, -0.2) is 34.7 Å². The van der Waals surface area contributed by atoms with Gasteiger partial charge in [-0.25, -0.2) is 15.0 Å². The maximum Gasteiger partial charge on any atom is 0.202 e. The minimum absolute atomic E-state index is 0.597. The zero-order chi connectivity index (χ0) is 19.5. The van der Waals surface area contributed by atoms with Crippen LogP contribution in [0.1, 0.15) is 18.4 Å². The van der Waals surface area contributed by atoms with Gasteiger partial charge in [-0.3, -0.25) is 9.55 Å². The highest BCUT2D eigenvalue weighted by molar-refractivity contribution is 7.99. The Kier molecular flexibility index (Phi) is 5.31. The molecule has 140 valence electrons. The molecule has 0 radical (unpaired) electrons. The normalized spacial score (nSPS) is 11.0. The minimum Gasteiger partial charge on any atom is -0.268 e. The summed E-state index contributed by atoms with van der Waals surface area (Å²) in [4.78, 5) is 17.5. The van der Waals surface area contributed by atoms with Gasteiger partial charge in [0.25, 0.3) is 0 Å². The zero-order valence-electron chi connectivity index (χ0n) is 15.2. The highest BCUT2D eigenvalue weighted by Gasteiger charge is 2.18. The van der Waals surface area contributed by atoms with E-state index in [-0.39, 0.29) is 0 Å². The largest absolute Gasteiger partial charge is 0.268 e. The third kappa shape index (κ3) is 3.88. The average molecular weight is 410 g/mol. The van der Waals surface area contributed by atoms with Crippen molar-refractivity contribution in [3.8, 4) is 17.2 Å². The quantitative estimate of drug-likeness (QED) is 0.457. The number of hydrogen-bond acceptors (Lipinski definition) is 7. The first-order chi connectivity index (χ1) is 13.6. The summed E-state index contributed by atoms with van der Waals surface area (Å²) < 4.78 is 1.92. The Morgan fingerprint density at radius 3 is 2.61 bits per heavy atom. The second-order valence-electron chi connectivity index (χ2n) is 5.91. The van der Waals surface area contributed by atoms with Crippen molar-refractivity contribution < 1.29 is 0 Å². The molecule has 0 N–H and O–H groups in total. The van der Waals surface area contributed by atoms with Gasteiger partial charge >= 0.3 is 0 Å². The molecule has 3 heterocycles. The lowest BCUT2D eigenvalue weighted by atomic mass is 10.3. The van der Waals surface area contributed by atoms with Gasteiger partial charge in [0.1, 0.15) is 16.5 Å². The summed E-state index contributed by atoms with van der Waals surface area (Å²) in [7, 11) is 0. The van der Waals surface area contributed by atoms with E-state index in [1.54, 1.807) is 18.6 Å². The van der Waals surface area contributed by atoms with E-state index in [4.69, 9.17) is 11.6 Å². The predicted molar refractivity (Wildman–Crippen MR) is 108 cm³/mol. The number of nitrogens with zero attached hydrogens (tertiary/aromatic N) is 7. The first-order valence-corrected chi connectivity index (χ1v) is 9.83. The van der Waals surface area contributed by atoms with E-state index in [1.165, 1.54) is 11.8 Å². The molecule has 0 amide bonds. The summed E-state index contributed by atoms with van der Waals surface area (Å²) in [6.07, 6.45) is 5.75. The zero-order valence-corrected chi connectivity index (χ0v) is 16.8. The molecule has 4 rings (SSSR count). The molecule has 0 aliphatic rings. The molecular formula is C19H16ClN7S. The number of halogens is 1. The molecule has 0 saturated heterocycles. The van der Waals surface area contributed by atoms with E-state index in [2.05, 4.69) is 37.1 Å². The molecule has 0 atom stereocenters. The smallest absolute Gasteiger partial charge is 0.202 e. The molecule has 0 aliphatic heterocycles. The van der Waals surface area contributed by atoms with Crippen LogP contribution in [0.2, 0.25) is 5.02 Å². The van der Waals surface area contributed by atoms with Crippen LogP contribution in [0, 0.1) is 6.92 Å². The van der Waals surface area contributed by atoms with Crippen LogP contribution in [0.3, 0.4) is 0 Å². The third-order valence-corrected chi connectivity index (χ3v) is 5.05. The third-order valence-electron chi connectivity index (χ3n) is 3.94. The Morgan fingerprint density at radius 2 is 1.89 bits per heavy atom. The number of benzene rings is 1. The van der Waals surface area contributed by atoms with E-state index in [0.717, 1.165) is 28.7 Å². The summed E-state index contributed by atoms with van der Waals surface area (Å²) in [6.45, 7) is 3.96. The van der Waals surface area contributed by atoms with Crippen LogP contribution in [0.4, 0.5) is 0 Å². The lowest BCUT2D eigenvalue weighted by Gasteiger charge is -2.10. The standard InChI is InChI=1S/C19H16ClN7S/c1-3-14-10-17(24-12(2)23-14)28-19-26-25-18(16-11-21-8-9-22-16)27(19)15-6-4-13(20)5-7-15/h4-11H,3H2,1-2H3. The molecular weight excluding hydrogens is 394 g/mol. The van der Waals surface area contributed by atoms with E-state index < -0.39 is 0 Å². The first-order valence-electron chi connectivity index (χ1n) is 8.64. The van der Waals surface area contributed by atoms with Crippen LogP contribution in [0.5, 0.6) is 0 Å². The van der Waals surface area contributed by atoms with Gasteiger partial charge in [-0.05, 0) is 55.4 Å². The summed E-state index contributed by atoms with van der Waals surface area (Å²) in [6, 6.07) is 9.46. The van der Waals surface area contributed by atoms with Gasteiger partial charge in [-0.15, -0.1) is 10.2 Å². The molecule has 3 aromatic heterocycles. The number of aryl methyl sites for hydroxylation is 2. The topological polar surface area (TPSA) is 82.3 Å². The Balaban J connectivity index is 1.82. The van der Waals surface area contributed by atoms with E-state index in [1.807, 2.05) is 41.8 Å². The lowest BCUT2D eigenvalue weighted by molar-refractivity contribution is 0.866. The second kappa shape index (κ2) is 8.04. The van der Waals surface area contributed by atoms with Gasteiger partial charge in [0.15, 0.2) is 5.82 Å². The SMILES string of the molecule is CCc1cc(Sc2nnc(-c3cnccn3)n2-c2ccc(Cl)cc2)nc(C)n1. The van der Waals surface area contributed by atoms with Crippen molar-refractivity contribution in [1.29, 1.82) is 0 Å². The van der Waals surface area contributed by atoms with Gasteiger partial charge in [0.05, 0.1) is 6.20 Å². The minimum atomic E-state index is 0.597. The predicted octanol–water partition coefficient (Wildman–Crippen LogP) is 4.19. The fraction of sp³-hybridized carbons (Fsp3) is 0.158. The molecule has 0 bridgehead atoms. The Bertz CT molecular complexity index is 1100. The van der Waals surface area contributed by atoms with E-state index >= 15 is 0 Å². The second-order valence-corrected chi connectivity index (χ2v) is 7.33. The van der Waals surface area contributed by atoms with Crippen molar-refractivity contribution in [3.63, 3.8) is 0 Å². The van der Waals surface area contributed by atoms with Crippen molar-refractivity contribution in [2.24, 2.45) is 0 Å². The molecule has 4 aromatic rings. The number of aromatic nitrogens is 7. The molecule has 0 saturated carbocycles. The molecule has 7 nitrogen and oxygen atoms in total. The fourth-order valence-corrected chi connectivity index (χ4v) is 3.72. The van der Waals surface area contributed by atoms with Gasteiger partial charge in [0, 0.05) is 28.8 Å². The van der Waals surface area contributed by atoms with Crippen molar-refractivity contribution in [2.75, 3.05) is 0 Å². The average Bonchev–Trinajstić information content (AvgIpc) is 3.12. The maximum atomic E-state index is 6.07. The first kappa shape index (κ1) is 18.5. The maximum absolute atomic E-state index is 6.07. The van der Waals surface area contributed by atoms with Gasteiger partial charge < -0.3 is 0 Å². The van der Waals surface area contributed by atoms with E-state index in [0.29, 0.717) is 21.7 Å². The molecule has 1 aromatic carbocycles. The molecule has 0 spiro atoms. The highest BCUT2D eigenvalue weighted by atomic mass is 35.5. The molecule has 9 heteroatoms. The molecule has 0 unspecified atom stereocenters. The van der Waals surface area contributed by atoms with Crippen molar-refractivity contribution in [2.45, 2.75) is 30.5 Å². The van der Waals surface area contributed by atoms with Gasteiger partial charge in [-0.1, -0.05) is 18.5 Å². The number of hydrogen-bond donors (Lipinski definition) is 0. The monoisotopic (exact) mass is 409 g/mol. The molecule has 28 heavy (non-hydrogen) atoms. The van der Waals surface area contributed by atoms with Crippen LogP contribution < -0.4 is 0 Å². The molecule has 0 fully saturated rings. The van der Waals surface area contributed by atoms with Crippen LogP contribution in [0.25, 0.3) is 17.2 Å². The van der Waals surface area contributed by atoms with Crippen molar-refractivity contribution >= 4 is 23.4 Å². The lowest BCUT2D eigenvalue weighted by Crippen LogP contribution is -2.01. The Labute approximate surface area is 171 Å². The van der Waals surface area contributed by atoms with Gasteiger partial charge in [0.2, 0.25) is 5.16 Å². The highest BCUT2D eigenvalue weighted by Crippen LogP contribution is 2.31. The summed E-state index contributed by atoms with van der Waals surface area (Å²) in [5, 5.41) is 10.9. The summed E-state index contributed by atoms with van der Waals surface area (Å²) in [5.74, 6) is 1.33. The Hall–Kier alpha value is -2.84. The molecule has 0 aliphatic carbocycles. The van der Waals surface area contributed by atoms with Crippen LogP contribution >= 0.6 is 23.4 Å². The van der Waals surface area contributed by atoms with Crippen LogP contribution in [0.15, 0.2) is 59.1 Å². The van der Waals surface area contributed by atoms with Gasteiger partial charge in [-0.2, -0.15) is 0 Å².